The largest absolute Gasteiger partial charge is 0.389 e. The second-order valence-electron chi connectivity index (χ2n) is 4.00. The number of hydrogen-bond donors (Lipinski definition) is 2. The van der Waals surface area contributed by atoms with Crippen LogP contribution in [0.2, 0.25) is 5.02 Å². The predicted molar refractivity (Wildman–Crippen MR) is 87.3 cm³/mol. The Morgan fingerprint density at radius 3 is 2.74 bits per heavy atom. The lowest BCUT2D eigenvalue weighted by Gasteiger charge is -2.10. The monoisotopic (exact) mass is 355 g/mol. The first-order chi connectivity index (χ1) is 8.95. The van der Waals surface area contributed by atoms with E-state index in [9.17, 15) is 0 Å². The number of nitrogens with two attached hydrogens (primary N) is 1. The van der Waals surface area contributed by atoms with E-state index in [0.717, 1.165) is 21.4 Å². The molecule has 98 valence electrons. The summed E-state index contributed by atoms with van der Waals surface area (Å²) in [4.78, 5) is 4.75. The van der Waals surface area contributed by atoms with E-state index in [-0.39, 0.29) is 0 Å². The average Bonchev–Trinajstić information content (AvgIpc) is 2.32. The molecule has 1 aromatic carbocycles. The van der Waals surface area contributed by atoms with Crippen LogP contribution < -0.4 is 11.1 Å². The van der Waals surface area contributed by atoms with Crippen molar-refractivity contribution < 1.29 is 0 Å². The van der Waals surface area contributed by atoms with Crippen LogP contribution in [0.15, 0.2) is 34.8 Å². The van der Waals surface area contributed by atoms with E-state index in [2.05, 4.69) is 26.2 Å². The SMILES string of the molecule is Cc1cc(C(N)=S)cc(Nc2ccc(Cl)cc2Br)n1. The van der Waals surface area contributed by atoms with Gasteiger partial charge in [0.1, 0.15) is 10.8 Å². The molecular weight excluding hydrogens is 346 g/mol. The van der Waals surface area contributed by atoms with Crippen LogP contribution in [-0.2, 0) is 0 Å². The van der Waals surface area contributed by atoms with Gasteiger partial charge < -0.3 is 11.1 Å². The third-order valence-electron chi connectivity index (χ3n) is 2.43. The Morgan fingerprint density at radius 2 is 2.11 bits per heavy atom. The smallest absolute Gasteiger partial charge is 0.131 e. The van der Waals surface area contributed by atoms with E-state index >= 15 is 0 Å². The minimum Gasteiger partial charge on any atom is -0.389 e. The zero-order valence-corrected chi connectivity index (χ0v) is 13.2. The number of benzene rings is 1. The van der Waals surface area contributed by atoms with Crippen molar-refractivity contribution in [2.24, 2.45) is 5.73 Å². The third kappa shape index (κ3) is 3.65. The van der Waals surface area contributed by atoms with Crippen molar-refractivity contribution in [2.75, 3.05) is 5.32 Å². The minimum atomic E-state index is 0.351. The standard InChI is InChI=1S/C13H11BrClN3S/c1-7-4-8(13(16)19)5-12(17-7)18-11-3-2-9(15)6-10(11)14/h2-6H,1H3,(H2,16,19)(H,17,18). The Hall–Kier alpha value is -1.17. The van der Waals surface area contributed by atoms with Gasteiger partial charge in [-0.15, -0.1) is 0 Å². The first-order valence-electron chi connectivity index (χ1n) is 5.46. The summed E-state index contributed by atoms with van der Waals surface area (Å²) in [5.74, 6) is 0.686. The molecule has 0 fully saturated rings. The molecule has 0 bridgehead atoms. The van der Waals surface area contributed by atoms with Gasteiger partial charge in [0, 0.05) is 20.8 Å². The molecule has 0 unspecified atom stereocenters. The van der Waals surface area contributed by atoms with Crippen molar-refractivity contribution in [1.29, 1.82) is 0 Å². The highest BCUT2D eigenvalue weighted by atomic mass is 79.9. The quantitative estimate of drug-likeness (QED) is 0.810. The van der Waals surface area contributed by atoms with Gasteiger partial charge in [0.25, 0.3) is 0 Å². The maximum absolute atomic E-state index is 5.90. The second-order valence-corrected chi connectivity index (χ2v) is 5.73. The zero-order chi connectivity index (χ0) is 14.0. The molecule has 0 spiro atoms. The van der Waals surface area contributed by atoms with E-state index < -0.39 is 0 Å². The molecule has 2 aromatic rings. The van der Waals surface area contributed by atoms with Crippen molar-refractivity contribution in [2.45, 2.75) is 6.92 Å². The van der Waals surface area contributed by atoms with Gasteiger partial charge in [-0.25, -0.2) is 4.98 Å². The topological polar surface area (TPSA) is 50.9 Å². The summed E-state index contributed by atoms with van der Waals surface area (Å²) in [6, 6.07) is 9.16. The first kappa shape index (κ1) is 14.2. The minimum absolute atomic E-state index is 0.351. The van der Waals surface area contributed by atoms with Crippen LogP contribution in [-0.4, -0.2) is 9.97 Å². The number of nitrogens with zero attached hydrogens (tertiary/aromatic N) is 1. The van der Waals surface area contributed by atoms with Crippen LogP contribution in [0.5, 0.6) is 0 Å². The van der Waals surface area contributed by atoms with Crippen LogP contribution in [0.4, 0.5) is 11.5 Å². The molecule has 1 aromatic heterocycles. The molecule has 0 aliphatic heterocycles. The number of thiocarbonyl (C=S) groups is 1. The summed E-state index contributed by atoms with van der Waals surface area (Å²) in [6.45, 7) is 1.89. The fourth-order valence-electron chi connectivity index (χ4n) is 1.60. The molecule has 6 heteroatoms. The lowest BCUT2D eigenvalue weighted by Crippen LogP contribution is -2.10. The van der Waals surface area contributed by atoms with Crippen LogP contribution in [0.25, 0.3) is 0 Å². The molecule has 0 radical (unpaired) electrons. The molecule has 0 atom stereocenters. The first-order valence-corrected chi connectivity index (χ1v) is 7.04. The molecule has 0 aliphatic rings. The Bertz CT molecular complexity index is 646. The van der Waals surface area contributed by atoms with Gasteiger partial charge >= 0.3 is 0 Å². The summed E-state index contributed by atoms with van der Waals surface area (Å²) < 4.78 is 0.861. The summed E-state index contributed by atoms with van der Waals surface area (Å²) >= 11 is 14.3. The molecular formula is C13H11BrClN3S. The highest BCUT2D eigenvalue weighted by Crippen LogP contribution is 2.28. The third-order valence-corrected chi connectivity index (χ3v) is 3.56. The normalized spacial score (nSPS) is 10.3. The van der Waals surface area contributed by atoms with Gasteiger partial charge in [-0.3, -0.25) is 0 Å². The number of hydrogen-bond acceptors (Lipinski definition) is 3. The Kier molecular flexibility index (Phi) is 4.39. The van der Waals surface area contributed by atoms with E-state index in [4.69, 9.17) is 29.6 Å². The average molecular weight is 357 g/mol. The highest BCUT2D eigenvalue weighted by Gasteiger charge is 2.05. The van der Waals surface area contributed by atoms with Crippen molar-refractivity contribution in [3.05, 3.63) is 51.1 Å². The summed E-state index contributed by atoms with van der Waals surface area (Å²) in [5, 5.41) is 3.87. The second kappa shape index (κ2) is 5.86. The Morgan fingerprint density at radius 1 is 1.37 bits per heavy atom. The molecule has 0 saturated carbocycles. The predicted octanol–water partition coefficient (Wildman–Crippen LogP) is 4.18. The van der Waals surface area contributed by atoms with E-state index in [0.29, 0.717) is 15.8 Å². The molecule has 19 heavy (non-hydrogen) atoms. The fraction of sp³-hybridized carbons (Fsp3) is 0.0769. The van der Waals surface area contributed by atoms with Gasteiger partial charge in [0.2, 0.25) is 0 Å². The zero-order valence-electron chi connectivity index (χ0n) is 10.1. The van der Waals surface area contributed by atoms with Crippen LogP contribution in [0, 0.1) is 6.92 Å². The summed E-state index contributed by atoms with van der Waals surface area (Å²) in [5.41, 5.74) is 8.15. The number of pyridine rings is 1. The van der Waals surface area contributed by atoms with Crippen LogP contribution in [0.1, 0.15) is 11.3 Å². The number of aryl methyl sites for hydroxylation is 1. The van der Waals surface area contributed by atoms with Crippen LogP contribution >= 0.6 is 39.7 Å². The number of rotatable bonds is 3. The molecule has 3 nitrogen and oxygen atoms in total. The molecule has 0 amide bonds. The Balaban J connectivity index is 2.35. The molecule has 2 rings (SSSR count). The van der Waals surface area contributed by atoms with E-state index in [1.165, 1.54) is 0 Å². The van der Waals surface area contributed by atoms with Gasteiger partial charge in [-0.2, -0.15) is 0 Å². The van der Waals surface area contributed by atoms with Crippen molar-refractivity contribution in [3.63, 3.8) is 0 Å². The lowest BCUT2D eigenvalue weighted by atomic mass is 10.2. The van der Waals surface area contributed by atoms with Gasteiger partial charge in [-0.05, 0) is 53.2 Å². The maximum atomic E-state index is 5.90. The van der Waals surface area contributed by atoms with Gasteiger partial charge in [-0.1, -0.05) is 23.8 Å². The number of nitrogens with one attached hydrogen (secondary N) is 1. The molecule has 0 aliphatic carbocycles. The van der Waals surface area contributed by atoms with Gasteiger partial charge in [0.05, 0.1) is 5.69 Å². The fourth-order valence-corrected chi connectivity index (χ4v) is 2.50. The number of halogens is 2. The van der Waals surface area contributed by atoms with Gasteiger partial charge in [0.15, 0.2) is 0 Å². The molecule has 3 N–H and O–H groups in total. The number of anilines is 2. The molecule has 0 saturated heterocycles. The van der Waals surface area contributed by atoms with Crippen molar-refractivity contribution >= 4 is 56.2 Å². The maximum Gasteiger partial charge on any atom is 0.131 e. The van der Waals surface area contributed by atoms with Crippen LogP contribution in [0.3, 0.4) is 0 Å². The Labute approximate surface area is 130 Å². The molecule has 1 heterocycles. The lowest BCUT2D eigenvalue weighted by molar-refractivity contribution is 1.19. The van der Waals surface area contributed by atoms with E-state index in [1.54, 1.807) is 6.07 Å². The number of aromatic nitrogens is 1. The van der Waals surface area contributed by atoms with Crippen molar-refractivity contribution in [1.82, 2.24) is 4.98 Å². The van der Waals surface area contributed by atoms with Crippen molar-refractivity contribution in [3.8, 4) is 0 Å². The summed E-state index contributed by atoms with van der Waals surface area (Å²) in [7, 11) is 0. The summed E-state index contributed by atoms with van der Waals surface area (Å²) in [6.07, 6.45) is 0. The van der Waals surface area contributed by atoms with E-state index in [1.807, 2.05) is 31.2 Å². The highest BCUT2D eigenvalue weighted by molar-refractivity contribution is 9.10.